The quantitative estimate of drug-likeness (QED) is 0.883. The van der Waals surface area contributed by atoms with Crippen LogP contribution in [0.25, 0.3) is 0 Å². The number of hydrogen-bond donors (Lipinski definition) is 2. The molecule has 1 amide bonds. The van der Waals surface area contributed by atoms with Gasteiger partial charge in [-0.15, -0.1) is 36.2 Å². The van der Waals surface area contributed by atoms with Crippen molar-refractivity contribution in [2.45, 2.75) is 53.1 Å². The van der Waals surface area contributed by atoms with Crippen LogP contribution >= 0.6 is 36.2 Å². The normalized spacial score (nSPS) is 13.7. The first-order valence-corrected chi connectivity index (χ1v) is 7.14. The summed E-state index contributed by atoms with van der Waals surface area (Å²) in [5, 5.41) is 6.00. The van der Waals surface area contributed by atoms with E-state index in [1.807, 2.05) is 33.1 Å². The van der Waals surface area contributed by atoms with E-state index >= 15 is 0 Å². The Morgan fingerprint density at radius 1 is 1.45 bits per heavy atom. The Morgan fingerprint density at radius 3 is 2.40 bits per heavy atom. The van der Waals surface area contributed by atoms with E-state index in [1.54, 1.807) is 11.3 Å². The number of carbonyl (C=O) groups is 1. The second-order valence-electron chi connectivity index (χ2n) is 5.59. The number of nitrogens with zero attached hydrogens (tertiary/aromatic N) is 1. The largest absolute Gasteiger partial charge is 0.347 e. The summed E-state index contributed by atoms with van der Waals surface area (Å²) in [5.74, 6) is -0.124. The zero-order valence-electron chi connectivity index (χ0n) is 12.6. The van der Waals surface area contributed by atoms with Gasteiger partial charge in [-0.05, 0) is 18.8 Å². The van der Waals surface area contributed by atoms with Crippen LogP contribution in [-0.2, 0) is 11.2 Å². The number of hydrogen-bond acceptors (Lipinski definition) is 4. The maximum absolute atomic E-state index is 12.0. The number of thiazole rings is 1. The molecule has 0 saturated carbocycles. The Kier molecular flexibility index (Phi) is 9.67. The van der Waals surface area contributed by atoms with Crippen LogP contribution in [0.3, 0.4) is 0 Å². The van der Waals surface area contributed by atoms with Gasteiger partial charge in [0.15, 0.2) is 0 Å². The molecule has 1 heterocycles. The number of nitrogens with two attached hydrogens (primary N) is 1. The molecule has 0 spiro atoms. The molecule has 0 aromatic carbocycles. The van der Waals surface area contributed by atoms with Crippen LogP contribution in [0, 0.1) is 5.41 Å². The summed E-state index contributed by atoms with van der Waals surface area (Å²) in [4.78, 5) is 16.5. The van der Waals surface area contributed by atoms with Crippen LogP contribution in [0.1, 0.15) is 51.4 Å². The van der Waals surface area contributed by atoms with Crippen molar-refractivity contribution in [3.63, 3.8) is 0 Å². The predicted molar refractivity (Wildman–Crippen MR) is 90.0 cm³/mol. The molecule has 1 rings (SSSR count). The van der Waals surface area contributed by atoms with Crippen LogP contribution in [0.5, 0.6) is 0 Å². The highest BCUT2D eigenvalue weighted by Crippen LogP contribution is 2.20. The molecule has 7 heteroatoms. The third kappa shape index (κ3) is 5.95. The summed E-state index contributed by atoms with van der Waals surface area (Å²) in [6.45, 7) is 9.88. The highest BCUT2D eigenvalue weighted by atomic mass is 35.5. The van der Waals surface area contributed by atoms with E-state index in [0.29, 0.717) is 0 Å². The number of aryl methyl sites for hydroxylation is 1. The number of rotatable bonds is 4. The standard InChI is InChI=1S/C13H23N3OS.2ClH/c1-6-10-16-9(7-18-10)8(2)15-12(17)11(14)13(3,4)5;;/h7-8,11H,6,14H2,1-5H3,(H,15,17);2*1H/t8?,11-;;/m1../s1. The molecule has 0 aliphatic heterocycles. The molecule has 0 fully saturated rings. The first-order valence-electron chi connectivity index (χ1n) is 6.26. The first-order chi connectivity index (χ1) is 8.25. The van der Waals surface area contributed by atoms with Crippen molar-refractivity contribution in [2.24, 2.45) is 11.1 Å². The van der Waals surface area contributed by atoms with Crippen molar-refractivity contribution in [1.29, 1.82) is 0 Å². The fourth-order valence-corrected chi connectivity index (χ4v) is 2.30. The number of nitrogens with one attached hydrogen (secondary N) is 1. The van der Waals surface area contributed by atoms with E-state index in [0.717, 1.165) is 17.1 Å². The summed E-state index contributed by atoms with van der Waals surface area (Å²) in [6.07, 6.45) is 0.923. The van der Waals surface area contributed by atoms with Gasteiger partial charge in [-0.2, -0.15) is 0 Å². The van der Waals surface area contributed by atoms with Gasteiger partial charge in [-0.3, -0.25) is 4.79 Å². The van der Waals surface area contributed by atoms with Gasteiger partial charge >= 0.3 is 0 Å². The monoisotopic (exact) mass is 341 g/mol. The van der Waals surface area contributed by atoms with Crippen molar-refractivity contribution in [1.82, 2.24) is 10.3 Å². The molecular formula is C13H25Cl2N3OS. The summed E-state index contributed by atoms with van der Waals surface area (Å²) in [5.41, 5.74) is 6.60. The molecule has 0 aliphatic carbocycles. The SMILES string of the molecule is CCc1nc(C(C)NC(=O)[C@@H](N)C(C)(C)C)cs1.Cl.Cl. The van der Waals surface area contributed by atoms with Gasteiger partial charge < -0.3 is 11.1 Å². The average molecular weight is 342 g/mol. The van der Waals surface area contributed by atoms with Crippen molar-refractivity contribution >= 4 is 42.1 Å². The second kappa shape index (κ2) is 8.82. The lowest BCUT2D eigenvalue weighted by atomic mass is 9.87. The molecule has 3 N–H and O–H groups in total. The van der Waals surface area contributed by atoms with Crippen LogP contribution in [0.15, 0.2) is 5.38 Å². The van der Waals surface area contributed by atoms with Crippen LogP contribution in [0.4, 0.5) is 0 Å². The van der Waals surface area contributed by atoms with Crippen molar-refractivity contribution in [2.75, 3.05) is 0 Å². The van der Waals surface area contributed by atoms with Gasteiger partial charge in [0, 0.05) is 5.38 Å². The van der Waals surface area contributed by atoms with Gasteiger partial charge in [-0.25, -0.2) is 4.98 Å². The minimum atomic E-state index is -0.510. The van der Waals surface area contributed by atoms with Gasteiger partial charge in [0.25, 0.3) is 0 Å². The minimum Gasteiger partial charge on any atom is -0.347 e. The van der Waals surface area contributed by atoms with Gasteiger partial charge in [0.1, 0.15) is 0 Å². The number of amides is 1. The lowest BCUT2D eigenvalue weighted by molar-refractivity contribution is -0.125. The molecule has 20 heavy (non-hydrogen) atoms. The molecule has 2 atom stereocenters. The van der Waals surface area contributed by atoms with Crippen molar-refractivity contribution in [3.8, 4) is 0 Å². The average Bonchev–Trinajstić information content (AvgIpc) is 2.75. The molecule has 0 bridgehead atoms. The maximum atomic E-state index is 12.0. The van der Waals surface area contributed by atoms with Crippen molar-refractivity contribution < 1.29 is 4.79 Å². The Labute approximate surface area is 137 Å². The Hall–Kier alpha value is -0.360. The molecule has 0 radical (unpaired) electrons. The van der Waals surface area contributed by atoms with Gasteiger partial charge in [-0.1, -0.05) is 27.7 Å². The second-order valence-corrected chi connectivity index (χ2v) is 6.54. The van der Waals surface area contributed by atoms with E-state index in [-0.39, 0.29) is 42.2 Å². The Balaban J connectivity index is 0. The number of halogens is 2. The molecule has 118 valence electrons. The Bertz CT molecular complexity index is 418. The zero-order valence-corrected chi connectivity index (χ0v) is 15.0. The molecule has 1 unspecified atom stereocenters. The van der Waals surface area contributed by atoms with E-state index in [4.69, 9.17) is 5.73 Å². The van der Waals surface area contributed by atoms with Gasteiger partial charge in [0.05, 0.1) is 22.8 Å². The summed E-state index contributed by atoms with van der Waals surface area (Å²) >= 11 is 1.63. The van der Waals surface area contributed by atoms with Crippen LogP contribution in [-0.4, -0.2) is 16.9 Å². The maximum Gasteiger partial charge on any atom is 0.237 e. The predicted octanol–water partition coefficient (Wildman–Crippen LogP) is 3.10. The zero-order chi connectivity index (χ0) is 13.9. The van der Waals surface area contributed by atoms with Crippen LogP contribution < -0.4 is 11.1 Å². The molecule has 1 aromatic heterocycles. The molecule has 1 aromatic rings. The minimum absolute atomic E-state index is 0. The van der Waals surface area contributed by atoms with E-state index in [9.17, 15) is 4.79 Å². The fraction of sp³-hybridized carbons (Fsp3) is 0.692. The first kappa shape index (κ1) is 21.9. The fourth-order valence-electron chi connectivity index (χ4n) is 1.46. The number of carbonyl (C=O) groups excluding carboxylic acids is 1. The number of aromatic nitrogens is 1. The summed E-state index contributed by atoms with van der Waals surface area (Å²) in [6, 6.07) is -0.605. The van der Waals surface area contributed by atoms with Crippen LogP contribution in [0.2, 0.25) is 0 Å². The van der Waals surface area contributed by atoms with Gasteiger partial charge in [0.2, 0.25) is 5.91 Å². The molecule has 4 nitrogen and oxygen atoms in total. The molecule has 0 saturated heterocycles. The lowest BCUT2D eigenvalue weighted by Gasteiger charge is -2.27. The van der Waals surface area contributed by atoms with Crippen molar-refractivity contribution in [3.05, 3.63) is 16.1 Å². The topological polar surface area (TPSA) is 68.0 Å². The Morgan fingerprint density at radius 2 is 2.00 bits per heavy atom. The lowest BCUT2D eigenvalue weighted by Crippen LogP contribution is -2.49. The van der Waals surface area contributed by atoms with E-state index in [2.05, 4.69) is 17.2 Å². The highest BCUT2D eigenvalue weighted by molar-refractivity contribution is 7.09. The van der Waals surface area contributed by atoms with E-state index < -0.39 is 6.04 Å². The summed E-state index contributed by atoms with van der Waals surface area (Å²) in [7, 11) is 0. The molecule has 0 aliphatic rings. The highest BCUT2D eigenvalue weighted by Gasteiger charge is 2.28. The third-order valence-electron chi connectivity index (χ3n) is 2.89. The summed E-state index contributed by atoms with van der Waals surface area (Å²) < 4.78 is 0. The smallest absolute Gasteiger partial charge is 0.237 e. The third-order valence-corrected chi connectivity index (χ3v) is 3.90. The van der Waals surface area contributed by atoms with E-state index in [1.165, 1.54) is 0 Å². The molecular weight excluding hydrogens is 317 g/mol.